The molecule has 3 atom stereocenters. The number of rotatable bonds is 2. The van der Waals surface area contributed by atoms with Crippen LogP contribution in [-0.2, 0) is 0 Å². The van der Waals surface area contributed by atoms with Crippen molar-refractivity contribution in [2.45, 2.75) is 18.4 Å². The van der Waals surface area contributed by atoms with Gasteiger partial charge in [-0.1, -0.05) is 30.4 Å². The van der Waals surface area contributed by atoms with Gasteiger partial charge in [0.15, 0.2) is 0 Å². The van der Waals surface area contributed by atoms with Crippen molar-refractivity contribution in [1.29, 1.82) is 5.26 Å². The van der Waals surface area contributed by atoms with Crippen LogP contribution in [0.3, 0.4) is 0 Å². The summed E-state index contributed by atoms with van der Waals surface area (Å²) in [4.78, 5) is 2.17. The summed E-state index contributed by atoms with van der Waals surface area (Å²) in [5.41, 5.74) is 0.802. The molecule has 1 fully saturated rings. The van der Waals surface area contributed by atoms with Crippen molar-refractivity contribution in [2.75, 3.05) is 11.9 Å². The third kappa shape index (κ3) is 1.39. The van der Waals surface area contributed by atoms with E-state index in [4.69, 9.17) is 0 Å². The van der Waals surface area contributed by atoms with E-state index in [0.717, 1.165) is 18.5 Å². The molecule has 2 aliphatic rings. The fraction of sp³-hybridized carbons (Fsp3) is 0.400. The number of fused-ring (bicyclic) bond motifs is 2. The Bertz CT molecular complexity index is 485. The summed E-state index contributed by atoms with van der Waals surface area (Å²) in [7, 11) is 2.05. The Morgan fingerprint density at radius 2 is 2.06 bits per heavy atom. The van der Waals surface area contributed by atoms with Crippen LogP contribution in [-0.4, -0.2) is 12.6 Å². The van der Waals surface area contributed by atoms with E-state index < -0.39 is 0 Å². The molecule has 0 aliphatic heterocycles. The maximum Gasteiger partial charge on any atom is 0.134 e. The number of benzene rings is 1. The molecule has 1 aromatic carbocycles. The molecule has 2 aliphatic carbocycles. The van der Waals surface area contributed by atoms with E-state index in [1.54, 1.807) is 0 Å². The molecule has 3 rings (SSSR count). The second kappa shape index (κ2) is 3.63. The molecule has 2 nitrogen and oxygen atoms in total. The molecule has 0 amide bonds. The first-order valence-corrected chi connectivity index (χ1v) is 6.15. The van der Waals surface area contributed by atoms with Crippen LogP contribution in [0, 0.1) is 23.2 Å². The van der Waals surface area contributed by atoms with E-state index in [2.05, 4.69) is 35.3 Å². The fourth-order valence-corrected chi connectivity index (χ4v) is 3.30. The van der Waals surface area contributed by atoms with E-state index in [1.807, 2.05) is 25.2 Å². The summed E-state index contributed by atoms with van der Waals surface area (Å²) in [5.74, 6) is 0.994. The molecular weight excluding hydrogens is 208 g/mol. The highest BCUT2D eigenvalue weighted by molar-refractivity contribution is 5.52. The van der Waals surface area contributed by atoms with Gasteiger partial charge in [0.1, 0.15) is 5.54 Å². The summed E-state index contributed by atoms with van der Waals surface area (Å²) in [6, 6.07) is 12.8. The van der Waals surface area contributed by atoms with E-state index in [0.29, 0.717) is 11.8 Å². The Balaban J connectivity index is 1.98. The van der Waals surface area contributed by atoms with Gasteiger partial charge < -0.3 is 4.90 Å². The van der Waals surface area contributed by atoms with Crippen LogP contribution in [0.1, 0.15) is 12.8 Å². The molecule has 86 valence electrons. The standard InChI is InChI=1S/C15H16N2/c1-17(14-5-3-2-4-6-14)15(11-16)10-12-7-8-13(15)9-12/h2-8,12-13H,9-10H2,1H3/t12-,13+,15+/m0/s1. The van der Waals surface area contributed by atoms with Crippen molar-refractivity contribution in [3.63, 3.8) is 0 Å². The Morgan fingerprint density at radius 1 is 1.29 bits per heavy atom. The minimum absolute atomic E-state index is 0.333. The molecule has 1 aromatic rings. The van der Waals surface area contributed by atoms with Gasteiger partial charge in [-0.3, -0.25) is 0 Å². The predicted octanol–water partition coefficient (Wildman–Crippen LogP) is 2.98. The minimum atomic E-state index is -0.333. The minimum Gasteiger partial charge on any atom is -0.356 e. The van der Waals surface area contributed by atoms with E-state index in [-0.39, 0.29) is 5.54 Å². The second-order valence-electron chi connectivity index (χ2n) is 5.12. The average molecular weight is 224 g/mol. The van der Waals surface area contributed by atoms with E-state index in [1.165, 1.54) is 0 Å². The van der Waals surface area contributed by atoms with Crippen LogP contribution >= 0.6 is 0 Å². The number of hydrogen-bond acceptors (Lipinski definition) is 2. The highest BCUT2D eigenvalue weighted by atomic mass is 15.2. The first kappa shape index (κ1) is 10.4. The molecular formula is C15H16N2. The van der Waals surface area contributed by atoms with Gasteiger partial charge in [-0.2, -0.15) is 5.26 Å². The largest absolute Gasteiger partial charge is 0.356 e. The third-order valence-corrected chi connectivity index (χ3v) is 4.29. The Morgan fingerprint density at radius 3 is 2.59 bits per heavy atom. The monoisotopic (exact) mass is 224 g/mol. The molecule has 0 saturated heterocycles. The summed E-state index contributed by atoms with van der Waals surface area (Å²) in [6.45, 7) is 0. The normalized spacial score (nSPS) is 33.6. The van der Waals surface area contributed by atoms with Gasteiger partial charge in [0.25, 0.3) is 0 Å². The maximum absolute atomic E-state index is 9.64. The van der Waals surface area contributed by atoms with E-state index in [9.17, 15) is 5.26 Å². The molecule has 2 bridgehead atoms. The smallest absolute Gasteiger partial charge is 0.134 e. The summed E-state index contributed by atoms with van der Waals surface area (Å²) in [5, 5.41) is 9.64. The summed E-state index contributed by atoms with van der Waals surface area (Å²) < 4.78 is 0. The van der Waals surface area contributed by atoms with Gasteiger partial charge in [0.05, 0.1) is 6.07 Å². The number of nitrogens with zero attached hydrogens (tertiary/aromatic N) is 2. The van der Waals surface area contributed by atoms with E-state index >= 15 is 0 Å². The zero-order valence-electron chi connectivity index (χ0n) is 10.0. The third-order valence-electron chi connectivity index (χ3n) is 4.29. The maximum atomic E-state index is 9.64. The topological polar surface area (TPSA) is 27.0 Å². The molecule has 0 spiro atoms. The molecule has 1 saturated carbocycles. The average Bonchev–Trinajstić information content (AvgIpc) is 2.99. The first-order valence-electron chi connectivity index (χ1n) is 6.15. The van der Waals surface area contributed by atoms with Crippen molar-refractivity contribution >= 4 is 5.69 Å². The predicted molar refractivity (Wildman–Crippen MR) is 68.5 cm³/mol. The lowest BCUT2D eigenvalue weighted by molar-refractivity contribution is 0.436. The van der Waals surface area contributed by atoms with Crippen LogP contribution in [0.2, 0.25) is 0 Å². The van der Waals surface area contributed by atoms with Crippen molar-refractivity contribution in [3.05, 3.63) is 42.5 Å². The Labute approximate surface area is 102 Å². The lowest BCUT2D eigenvalue weighted by Crippen LogP contribution is -2.48. The zero-order valence-corrected chi connectivity index (χ0v) is 10.0. The first-order chi connectivity index (χ1) is 8.26. The Hall–Kier alpha value is -1.75. The van der Waals surface area contributed by atoms with Crippen LogP contribution in [0.25, 0.3) is 0 Å². The van der Waals surface area contributed by atoms with Gasteiger partial charge in [-0.05, 0) is 30.9 Å². The second-order valence-corrected chi connectivity index (χ2v) is 5.12. The van der Waals surface area contributed by atoms with Crippen molar-refractivity contribution in [3.8, 4) is 6.07 Å². The molecule has 2 heteroatoms. The van der Waals surface area contributed by atoms with Crippen LogP contribution < -0.4 is 4.90 Å². The van der Waals surface area contributed by atoms with Crippen LogP contribution in [0.4, 0.5) is 5.69 Å². The number of nitriles is 1. The number of hydrogen-bond donors (Lipinski definition) is 0. The zero-order chi connectivity index (χ0) is 11.9. The van der Waals surface area contributed by atoms with Gasteiger partial charge in [0.2, 0.25) is 0 Å². The highest BCUT2D eigenvalue weighted by Crippen LogP contribution is 2.49. The fourth-order valence-electron chi connectivity index (χ4n) is 3.30. The number of para-hydroxylation sites is 1. The lowest BCUT2D eigenvalue weighted by Gasteiger charge is -2.39. The number of anilines is 1. The highest BCUT2D eigenvalue weighted by Gasteiger charge is 2.51. The van der Waals surface area contributed by atoms with Gasteiger partial charge in [-0.15, -0.1) is 0 Å². The molecule has 0 unspecified atom stereocenters. The van der Waals surface area contributed by atoms with Crippen LogP contribution in [0.5, 0.6) is 0 Å². The Kier molecular flexibility index (Phi) is 2.22. The summed E-state index contributed by atoms with van der Waals surface area (Å²) >= 11 is 0. The molecule has 0 N–H and O–H groups in total. The molecule has 17 heavy (non-hydrogen) atoms. The quantitative estimate of drug-likeness (QED) is 0.722. The van der Waals surface area contributed by atoms with Crippen molar-refractivity contribution in [1.82, 2.24) is 0 Å². The molecule has 0 heterocycles. The van der Waals surface area contributed by atoms with Crippen molar-refractivity contribution < 1.29 is 0 Å². The lowest BCUT2D eigenvalue weighted by atomic mass is 9.84. The van der Waals surface area contributed by atoms with Gasteiger partial charge >= 0.3 is 0 Å². The molecule has 0 radical (unpaired) electrons. The molecule has 0 aromatic heterocycles. The van der Waals surface area contributed by atoms with Gasteiger partial charge in [0, 0.05) is 18.7 Å². The number of allylic oxidation sites excluding steroid dienone is 1. The summed E-state index contributed by atoms with van der Waals surface area (Å²) in [6.07, 6.45) is 6.62. The SMILES string of the molecule is CN(c1ccccc1)[C@@]1(C#N)C[C@H]2C=C[C@@H]1C2. The van der Waals surface area contributed by atoms with Crippen molar-refractivity contribution in [2.24, 2.45) is 11.8 Å². The van der Waals surface area contributed by atoms with Gasteiger partial charge in [-0.25, -0.2) is 0 Å². The van der Waals surface area contributed by atoms with Crippen LogP contribution in [0.15, 0.2) is 42.5 Å².